The van der Waals surface area contributed by atoms with Gasteiger partial charge in [-0.05, 0) is 18.3 Å². The van der Waals surface area contributed by atoms with Crippen molar-refractivity contribution < 1.29 is 4.79 Å². The number of hydrogen-bond donors (Lipinski definition) is 0. The molecular formula is C11H20N2O. The van der Waals surface area contributed by atoms with E-state index in [1.54, 1.807) is 5.01 Å². The number of rotatable bonds is 4. The third-order valence-corrected chi connectivity index (χ3v) is 2.75. The summed E-state index contributed by atoms with van der Waals surface area (Å²) in [5.41, 5.74) is 0. The highest BCUT2D eigenvalue weighted by Gasteiger charge is 2.32. The van der Waals surface area contributed by atoms with Crippen LogP contribution in [0.4, 0.5) is 0 Å². The van der Waals surface area contributed by atoms with Gasteiger partial charge in [-0.2, -0.15) is 5.10 Å². The topological polar surface area (TPSA) is 32.7 Å². The van der Waals surface area contributed by atoms with Gasteiger partial charge >= 0.3 is 0 Å². The molecule has 0 aromatic heterocycles. The van der Waals surface area contributed by atoms with E-state index in [0.29, 0.717) is 17.8 Å². The van der Waals surface area contributed by atoms with E-state index in [0.717, 1.165) is 12.8 Å². The number of hydrazone groups is 1. The summed E-state index contributed by atoms with van der Waals surface area (Å²) in [6, 6.07) is 0.271. The lowest BCUT2D eigenvalue weighted by Gasteiger charge is -2.26. The van der Waals surface area contributed by atoms with Crippen LogP contribution in [-0.2, 0) is 4.79 Å². The lowest BCUT2D eigenvalue weighted by Crippen LogP contribution is -2.35. The molecule has 3 nitrogen and oxygen atoms in total. The van der Waals surface area contributed by atoms with Crippen molar-refractivity contribution in [3.05, 3.63) is 0 Å². The van der Waals surface area contributed by atoms with Crippen molar-refractivity contribution >= 4 is 12.6 Å². The van der Waals surface area contributed by atoms with Gasteiger partial charge < -0.3 is 0 Å². The first-order valence-electron chi connectivity index (χ1n) is 5.34. The first-order chi connectivity index (χ1) is 6.56. The van der Waals surface area contributed by atoms with Crippen LogP contribution in [0.3, 0.4) is 0 Å². The van der Waals surface area contributed by atoms with E-state index in [1.165, 1.54) is 0 Å². The monoisotopic (exact) mass is 196 g/mol. The average molecular weight is 196 g/mol. The molecule has 1 rings (SSSR count). The maximum Gasteiger partial charge on any atom is 0.230 e. The Hall–Kier alpha value is -0.860. The molecule has 0 aromatic rings. The molecule has 0 N–H and O–H groups in total. The normalized spacial score (nSPS) is 26.6. The summed E-state index contributed by atoms with van der Waals surface area (Å²) in [7, 11) is 0. The molecule has 0 saturated heterocycles. The Morgan fingerprint density at radius 3 is 2.50 bits per heavy atom. The maximum absolute atomic E-state index is 10.8. The molecule has 1 aliphatic rings. The first kappa shape index (κ1) is 11.2. The Morgan fingerprint density at radius 2 is 2.07 bits per heavy atom. The largest absolute Gasteiger partial charge is 0.277 e. The highest BCUT2D eigenvalue weighted by atomic mass is 16.1. The number of amides is 1. The Labute approximate surface area is 86.2 Å². The zero-order valence-electron chi connectivity index (χ0n) is 9.47. The molecule has 2 atom stereocenters. The fourth-order valence-corrected chi connectivity index (χ4v) is 1.99. The van der Waals surface area contributed by atoms with Crippen LogP contribution in [0.5, 0.6) is 0 Å². The average Bonchev–Trinajstić information content (AvgIpc) is 2.46. The molecule has 0 aliphatic carbocycles. The van der Waals surface area contributed by atoms with Crippen molar-refractivity contribution in [1.29, 1.82) is 0 Å². The van der Waals surface area contributed by atoms with Crippen molar-refractivity contribution in [2.24, 2.45) is 22.9 Å². The van der Waals surface area contributed by atoms with Crippen LogP contribution in [0.2, 0.25) is 0 Å². The van der Waals surface area contributed by atoms with Crippen LogP contribution in [0.15, 0.2) is 5.10 Å². The molecule has 1 heterocycles. The molecule has 0 unspecified atom stereocenters. The van der Waals surface area contributed by atoms with Gasteiger partial charge in [-0.3, -0.25) is 4.79 Å². The molecule has 0 radical (unpaired) electrons. The minimum Gasteiger partial charge on any atom is -0.277 e. The van der Waals surface area contributed by atoms with Crippen molar-refractivity contribution in [1.82, 2.24) is 5.01 Å². The zero-order chi connectivity index (χ0) is 10.7. The summed E-state index contributed by atoms with van der Waals surface area (Å²) in [6.07, 6.45) is 3.79. The Balaban J connectivity index is 2.69. The Kier molecular flexibility index (Phi) is 3.67. The first-order valence-corrected chi connectivity index (χ1v) is 5.34. The molecule has 1 aliphatic heterocycles. The van der Waals surface area contributed by atoms with Gasteiger partial charge in [0, 0.05) is 12.1 Å². The summed E-state index contributed by atoms with van der Waals surface area (Å²) >= 11 is 0. The van der Waals surface area contributed by atoms with Crippen molar-refractivity contribution in [3.63, 3.8) is 0 Å². The van der Waals surface area contributed by atoms with Gasteiger partial charge in [-0.25, -0.2) is 5.01 Å². The quantitative estimate of drug-likeness (QED) is 0.634. The van der Waals surface area contributed by atoms with Crippen molar-refractivity contribution in [2.75, 3.05) is 0 Å². The van der Waals surface area contributed by atoms with Crippen molar-refractivity contribution in [2.45, 2.75) is 40.2 Å². The number of hydrogen-bond acceptors (Lipinski definition) is 2. The zero-order valence-corrected chi connectivity index (χ0v) is 9.47. The molecule has 0 fully saturated rings. The highest BCUT2D eigenvalue weighted by molar-refractivity contribution is 5.68. The van der Waals surface area contributed by atoms with Crippen molar-refractivity contribution in [3.8, 4) is 0 Å². The van der Waals surface area contributed by atoms with E-state index in [4.69, 9.17) is 0 Å². The second-order valence-corrected chi connectivity index (χ2v) is 4.77. The molecule has 0 bridgehead atoms. The summed E-state index contributed by atoms with van der Waals surface area (Å²) in [5.74, 6) is 1.57. The van der Waals surface area contributed by atoms with Gasteiger partial charge in [-0.15, -0.1) is 0 Å². The fraction of sp³-hybridized carbons (Fsp3) is 0.818. The van der Waals surface area contributed by atoms with Gasteiger partial charge in [-0.1, -0.05) is 27.7 Å². The molecule has 0 aromatic carbocycles. The SMILES string of the molecule is CC(C)C[C@H]1[C@H](C(C)C)C=NN1C=O. The predicted molar refractivity (Wildman–Crippen MR) is 58.0 cm³/mol. The summed E-state index contributed by atoms with van der Waals surface area (Å²) in [6.45, 7) is 8.72. The van der Waals surface area contributed by atoms with Crippen LogP contribution < -0.4 is 0 Å². The molecule has 3 heteroatoms. The van der Waals surface area contributed by atoms with E-state index in [1.807, 2.05) is 6.21 Å². The third-order valence-electron chi connectivity index (χ3n) is 2.75. The van der Waals surface area contributed by atoms with Gasteiger partial charge in [0.15, 0.2) is 0 Å². The summed E-state index contributed by atoms with van der Waals surface area (Å²) in [4.78, 5) is 10.8. The predicted octanol–water partition coefficient (Wildman–Crippen LogP) is 2.13. The van der Waals surface area contributed by atoms with E-state index in [2.05, 4.69) is 32.8 Å². The van der Waals surface area contributed by atoms with Gasteiger partial charge in [0.25, 0.3) is 0 Å². The van der Waals surface area contributed by atoms with E-state index in [-0.39, 0.29) is 6.04 Å². The third kappa shape index (κ3) is 2.34. The van der Waals surface area contributed by atoms with Crippen LogP contribution in [0, 0.1) is 17.8 Å². The smallest absolute Gasteiger partial charge is 0.230 e. The van der Waals surface area contributed by atoms with Gasteiger partial charge in [0.1, 0.15) is 0 Å². The van der Waals surface area contributed by atoms with E-state index in [9.17, 15) is 4.79 Å². The van der Waals surface area contributed by atoms with E-state index < -0.39 is 0 Å². The fourth-order valence-electron chi connectivity index (χ4n) is 1.99. The number of carbonyl (C=O) groups excluding carboxylic acids is 1. The summed E-state index contributed by atoms with van der Waals surface area (Å²) < 4.78 is 0. The Bertz CT molecular complexity index is 223. The van der Waals surface area contributed by atoms with Gasteiger partial charge in [0.2, 0.25) is 6.41 Å². The molecule has 0 spiro atoms. The number of carbonyl (C=O) groups is 1. The molecule has 0 saturated carbocycles. The second kappa shape index (κ2) is 4.58. The Morgan fingerprint density at radius 1 is 1.43 bits per heavy atom. The highest BCUT2D eigenvalue weighted by Crippen LogP contribution is 2.27. The second-order valence-electron chi connectivity index (χ2n) is 4.77. The maximum atomic E-state index is 10.8. The molecule has 14 heavy (non-hydrogen) atoms. The van der Waals surface area contributed by atoms with Crippen LogP contribution in [0.25, 0.3) is 0 Å². The van der Waals surface area contributed by atoms with Crippen LogP contribution in [-0.4, -0.2) is 23.7 Å². The van der Waals surface area contributed by atoms with Gasteiger partial charge in [0.05, 0.1) is 6.04 Å². The minimum atomic E-state index is 0.271. The lowest BCUT2D eigenvalue weighted by molar-refractivity contribution is -0.120. The molecule has 1 amide bonds. The number of nitrogens with zero attached hydrogens (tertiary/aromatic N) is 2. The van der Waals surface area contributed by atoms with Crippen LogP contribution in [0.1, 0.15) is 34.1 Å². The summed E-state index contributed by atoms with van der Waals surface area (Å²) in [5, 5.41) is 5.71. The van der Waals surface area contributed by atoms with E-state index >= 15 is 0 Å². The standard InChI is InChI=1S/C11H20N2O/c1-8(2)5-11-10(9(3)4)6-12-13(11)7-14/h6-11H,5H2,1-4H3/t10-,11-/m0/s1. The molecular weight excluding hydrogens is 176 g/mol. The molecule has 80 valence electrons. The minimum absolute atomic E-state index is 0.271. The lowest BCUT2D eigenvalue weighted by atomic mass is 9.86. The van der Waals surface area contributed by atoms with Crippen LogP contribution >= 0.6 is 0 Å².